The van der Waals surface area contributed by atoms with Crippen LogP contribution < -0.4 is 5.32 Å². The number of nitrogens with one attached hydrogen (secondary N) is 1. The fourth-order valence-electron chi connectivity index (χ4n) is 1.95. The average Bonchev–Trinajstić information content (AvgIpc) is 2.69. The highest BCUT2D eigenvalue weighted by Gasteiger charge is 2.31. The minimum atomic E-state index is -4.37. The van der Waals surface area contributed by atoms with Crippen LogP contribution in [0.15, 0.2) is 30.3 Å². The zero-order chi connectivity index (χ0) is 14.9. The summed E-state index contributed by atoms with van der Waals surface area (Å²) in [5, 5.41) is 2.96. The van der Waals surface area contributed by atoms with Gasteiger partial charge in [-0.15, -0.1) is 11.3 Å². The van der Waals surface area contributed by atoms with Gasteiger partial charge in [0.15, 0.2) is 0 Å². The number of hydrogen-bond acceptors (Lipinski definition) is 2. The lowest BCUT2D eigenvalue weighted by molar-refractivity contribution is -0.137. The van der Waals surface area contributed by atoms with Gasteiger partial charge in [-0.1, -0.05) is 35.3 Å². The van der Waals surface area contributed by atoms with Crippen LogP contribution in [0, 0.1) is 0 Å². The van der Waals surface area contributed by atoms with Crippen molar-refractivity contribution >= 4 is 34.5 Å². The number of halogens is 5. The van der Waals surface area contributed by atoms with Crippen LogP contribution in [0.2, 0.25) is 8.67 Å². The molecule has 0 aliphatic rings. The van der Waals surface area contributed by atoms with Crippen LogP contribution in [-0.4, -0.2) is 7.05 Å². The van der Waals surface area contributed by atoms with Crippen molar-refractivity contribution in [2.75, 3.05) is 7.05 Å². The van der Waals surface area contributed by atoms with E-state index in [0.29, 0.717) is 19.8 Å². The minimum Gasteiger partial charge on any atom is -0.309 e. The molecule has 0 fully saturated rings. The van der Waals surface area contributed by atoms with E-state index in [2.05, 4.69) is 5.32 Å². The Morgan fingerprint density at radius 3 is 2.40 bits per heavy atom. The lowest BCUT2D eigenvalue weighted by Gasteiger charge is -2.18. The molecule has 1 heterocycles. The molecule has 1 aromatic heterocycles. The van der Waals surface area contributed by atoms with Gasteiger partial charge in [0.05, 0.1) is 20.3 Å². The van der Waals surface area contributed by atoms with Gasteiger partial charge in [0.2, 0.25) is 0 Å². The molecule has 0 amide bonds. The van der Waals surface area contributed by atoms with Crippen molar-refractivity contribution < 1.29 is 13.2 Å². The predicted octanol–water partition coefficient (Wildman–Crippen LogP) is 5.38. The van der Waals surface area contributed by atoms with Crippen molar-refractivity contribution in [1.82, 2.24) is 5.32 Å². The van der Waals surface area contributed by atoms with Gasteiger partial charge in [-0.3, -0.25) is 0 Å². The van der Waals surface area contributed by atoms with Crippen LogP contribution in [0.5, 0.6) is 0 Å². The second-order valence-electron chi connectivity index (χ2n) is 4.12. The Morgan fingerprint density at radius 1 is 1.20 bits per heavy atom. The molecule has 1 N–H and O–H groups in total. The molecular weight excluding hydrogens is 330 g/mol. The summed E-state index contributed by atoms with van der Waals surface area (Å²) in [6.07, 6.45) is -4.37. The second-order valence-corrected chi connectivity index (χ2v) is 6.41. The van der Waals surface area contributed by atoms with E-state index >= 15 is 0 Å². The topological polar surface area (TPSA) is 12.0 Å². The molecule has 0 spiro atoms. The molecule has 0 aliphatic heterocycles. The predicted molar refractivity (Wildman–Crippen MR) is 76.7 cm³/mol. The third-order valence-electron chi connectivity index (χ3n) is 2.83. The molecule has 1 aromatic carbocycles. The smallest absolute Gasteiger partial charge is 0.309 e. The number of benzene rings is 1. The Balaban J connectivity index is 2.45. The fourth-order valence-corrected chi connectivity index (χ4v) is 3.48. The van der Waals surface area contributed by atoms with E-state index in [0.717, 1.165) is 12.1 Å². The highest BCUT2D eigenvalue weighted by Crippen LogP contribution is 2.38. The van der Waals surface area contributed by atoms with E-state index in [1.807, 2.05) is 0 Å². The first-order valence-electron chi connectivity index (χ1n) is 5.62. The van der Waals surface area contributed by atoms with Crippen molar-refractivity contribution in [3.8, 4) is 0 Å². The van der Waals surface area contributed by atoms with E-state index in [-0.39, 0.29) is 0 Å². The molecule has 0 bridgehead atoms. The Morgan fingerprint density at radius 2 is 1.90 bits per heavy atom. The van der Waals surface area contributed by atoms with Gasteiger partial charge in [0, 0.05) is 5.56 Å². The van der Waals surface area contributed by atoms with E-state index in [9.17, 15) is 13.2 Å². The number of rotatable bonds is 3. The first-order chi connectivity index (χ1) is 9.32. The Hall–Kier alpha value is -0.750. The Bertz CT molecular complexity index is 610. The first-order valence-corrected chi connectivity index (χ1v) is 7.19. The maximum absolute atomic E-state index is 12.8. The van der Waals surface area contributed by atoms with Crippen LogP contribution in [0.25, 0.3) is 0 Å². The van der Waals surface area contributed by atoms with Crippen molar-refractivity contribution in [1.29, 1.82) is 0 Å². The molecule has 1 atom stereocenters. The average molecular weight is 340 g/mol. The summed E-state index contributed by atoms with van der Waals surface area (Å²) in [6, 6.07) is 6.38. The van der Waals surface area contributed by atoms with Gasteiger partial charge in [0.25, 0.3) is 0 Å². The molecule has 108 valence electrons. The second kappa shape index (κ2) is 5.93. The largest absolute Gasteiger partial charge is 0.416 e. The summed E-state index contributed by atoms with van der Waals surface area (Å²) in [4.78, 5) is 0. The van der Waals surface area contributed by atoms with Crippen LogP contribution >= 0.6 is 34.5 Å². The highest BCUT2D eigenvalue weighted by atomic mass is 35.5. The maximum Gasteiger partial charge on any atom is 0.416 e. The number of alkyl halides is 3. The third kappa shape index (κ3) is 3.28. The molecule has 0 radical (unpaired) electrons. The quantitative estimate of drug-likeness (QED) is 0.791. The van der Waals surface area contributed by atoms with E-state index in [1.54, 1.807) is 19.2 Å². The molecular formula is C13H10Cl2F3NS. The molecule has 2 rings (SSSR count). The van der Waals surface area contributed by atoms with Crippen LogP contribution in [-0.2, 0) is 6.18 Å². The zero-order valence-electron chi connectivity index (χ0n) is 10.3. The molecule has 0 saturated heterocycles. The van der Waals surface area contributed by atoms with Crippen LogP contribution in [0.1, 0.15) is 22.7 Å². The number of thiophene rings is 1. The Kier molecular flexibility index (Phi) is 4.64. The third-order valence-corrected chi connectivity index (χ3v) is 4.35. The standard InChI is InChI=1S/C13H10Cl2F3NS/c1-19-11(9-6-10(14)20-12(9)15)7-3-2-4-8(5-7)13(16,17)18/h2-6,11,19H,1H3. The van der Waals surface area contributed by atoms with Crippen molar-refractivity contribution in [3.63, 3.8) is 0 Å². The van der Waals surface area contributed by atoms with Crippen LogP contribution in [0.3, 0.4) is 0 Å². The first kappa shape index (κ1) is 15.6. The normalized spacial score (nSPS) is 13.5. The van der Waals surface area contributed by atoms with E-state index < -0.39 is 17.8 Å². The number of hydrogen-bond donors (Lipinski definition) is 1. The monoisotopic (exact) mass is 339 g/mol. The molecule has 1 unspecified atom stereocenters. The lowest BCUT2D eigenvalue weighted by Crippen LogP contribution is -2.18. The summed E-state index contributed by atoms with van der Waals surface area (Å²) in [5.41, 5.74) is 0.467. The molecule has 1 nitrogen and oxygen atoms in total. The maximum atomic E-state index is 12.8. The van der Waals surface area contributed by atoms with Crippen molar-refractivity contribution in [2.45, 2.75) is 12.2 Å². The van der Waals surface area contributed by atoms with Gasteiger partial charge < -0.3 is 5.32 Å². The van der Waals surface area contributed by atoms with Gasteiger partial charge in [0.1, 0.15) is 0 Å². The lowest BCUT2D eigenvalue weighted by atomic mass is 9.99. The minimum absolute atomic E-state index is 0.437. The van der Waals surface area contributed by atoms with Gasteiger partial charge in [-0.25, -0.2) is 0 Å². The molecule has 2 aromatic rings. The van der Waals surface area contributed by atoms with Crippen molar-refractivity contribution in [3.05, 3.63) is 55.7 Å². The zero-order valence-corrected chi connectivity index (χ0v) is 12.6. The van der Waals surface area contributed by atoms with E-state index in [1.165, 1.54) is 17.4 Å². The summed E-state index contributed by atoms with van der Waals surface area (Å²) in [5.74, 6) is 0. The molecule has 0 aliphatic carbocycles. The van der Waals surface area contributed by atoms with Gasteiger partial charge >= 0.3 is 6.18 Å². The molecule has 0 saturated carbocycles. The SMILES string of the molecule is CNC(c1cccc(C(F)(F)F)c1)c1cc(Cl)sc1Cl. The fraction of sp³-hybridized carbons (Fsp3) is 0.231. The summed E-state index contributed by atoms with van der Waals surface area (Å²) in [7, 11) is 1.66. The summed E-state index contributed by atoms with van der Waals surface area (Å²) in [6.45, 7) is 0. The van der Waals surface area contributed by atoms with Crippen LogP contribution in [0.4, 0.5) is 13.2 Å². The highest BCUT2D eigenvalue weighted by molar-refractivity contribution is 7.20. The summed E-state index contributed by atoms with van der Waals surface area (Å²) < 4.78 is 39.2. The summed E-state index contributed by atoms with van der Waals surface area (Å²) >= 11 is 13.1. The molecule has 7 heteroatoms. The molecule has 20 heavy (non-hydrogen) atoms. The van der Waals surface area contributed by atoms with E-state index in [4.69, 9.17) is 23.2 Å². The van der Waals surface area contributed by atoms with Crippen molar-refractivity contribution in [2.24, 2.45) is 0 Å². The Labute approximate surface area is 128 Å². The van der Waals surface area contributed by atoms with Gasteiger partial charge in [-0.05, 0) is 30.8 Å². The van der Waals surface area contributed by atoms with Gasteiger partial charge in [-0.2, -0.15) is 13.2 Å².